The molecule has 1 unspecified atom stereocenters. The Balaban J connectivity index is 1.57. The van der Waals surface area contributed by atoms with E-state index in [9.17, 15) is 9.59 Å². The second-order valence-corrected chi connectivity index (χ2v) is 6.76. The van der Waals surface area contributed by atoms with Crippen LogP contribution in [0.5, 0.6) is 10.9 Å². The number of rotatable bonds is 4. The van der Waals surface area contributed by atoms with E-state index in [0.29, 0.717) is 41.4 Å². The summed E-state index contributed by atoms with van der Waals surface area (Å²) in [6, 6.07) is 6.81. The highest BCUT2D eigenvalue weighted by Crippen LogP contribution is 2.26. The Hall–Kier alpha value is -2.87. The van der Waals surface area contributed by atoms with Crippen LogP contribution in [0.25, 0.3) is 11.0 Å². The number of nitrogens with zero attached hydrogens (tertiary/aromatic N) is 2. The molecule has 1 saturated heterocycles. The van der Waals surface area contributed by atoms with Gasteiger partial charge in [-0.1, -0.05) is 23.5 Å². The number of hydrogen-bond donors (Lipinski definition) is 0. The maximum Gasteiger partial charge on any atom is 0.349 e. The van der Waals surface area contributed by atoms with Crippen LogP contribution >= 0.6 is 11.3 Å². The predicted octanol–water partition coefficient (Wildman–Crippen LogP) is 2.55. The summed E-state index contributed by atoms with van der Waals surface area (Å²) in [5, 5.41) is 3.06. The van der Waals surface area contributed by atoms with E-state index in [0.717, 1.165) is 0 Å². The van der Waals surface area contributed by atoms with Gasteiger partial charge in [-0.2, -0.15) is 0 Å². The zero-order chi connectivity index (χ0) is 18.1. The van der Waals surface area contributed by atoms with Gasteiger partial charge in [0.1, 0.15) is 11.7 Å². The van der Waals surface area contributed by atoms with E-state index >= 15 is 0 Å². The summed E-state index contributed by atoms with van der Waals surface area (Å²) in [6.07, 6.45) is 2.24. The lowest BCUT2D eigenvalue weighted by molar-refractivity contribution is 0.0768. The van der Waals surface area contributed by atoms with Crippen LogP contribution in [-0.2, 0) is 0 Å². The Morgan fingerprint density at radius 1 is 1.42 bits per heavy atom. The van der Waals surface area contributed by atoms with E-state index in [1.54, 1.807) is 35.4 Å². The standard InChI is InChI=1S/C18H16N2O5S/c1-23-14-4-2-3-11-9-13(17(22)25-15(11)14)16(21)20-7-5-12(10-20)24-18-19-6-8-26-18/h2-4,6,8-9,12H,5,7,10H2,1H3. The number of carbonyl (C=O) groups excluding carboxylic acids is 1. The Morgan fingerprint density at radius 3 is 3.08 bits per heavy atom. The van der Waals surface area contributed by atoms with E-state index in [1.807, 2.05) is 5.38 Å². The maximum absolute atomic E-state index is 12.8. The lowest BCUT2D eigenvalue weighted by atomic mass is 10.1. The molecule has 0 spiro atoms. The average molecular weight is 372 g/mol. The number of benzene rings is 1. The van der Waals surface area contributed by atoms with Crippen LogP contribution in [0.15, 0.2) is 45.1 Å². The number of para-hydroxylation sites is 1. The topological polar surface area (TPSA) is 81.9 Å². The average Bonchev–Trinajstić information content (AvgIpc) is 3.32. The van der Waals surface area contributed by atoms with Gasteiger partial charge in [-0.05, 0) is 12.1 Å². The number of likely N-dealkylation sites (tertiary alicyclic amines) is 1. The van der Waals surface area contributed by atoms with Crippen LogP contribution in [-0.4, -0.2) is 42.1 Å². The van der Waals surface area contributed by atoms with Gasteiger partial charge in [-0.25, -0.2) is 9.78 Å². The molecule has 8 heteroatoms. The molecule has 1 aliphatic rings. The monoisotopic (exact) mass is 372 g/mol. The van der Waals surface area contributed by atoms with Crippen molar-refractivity contribution >= 4 is 28.2 Å². The van der Waals surface area contributed by atoms with Gasteiger partial charge in [0.05, 0.1) is 13.7 Å². The molecule has 1 atom stereocenters. The lowest BCUT2D eigenvalue weighted by Gasteiger charge is -2.16. The fraction of sp³-hybridized carbons (Fsp3) is 0.278. The third kappa shape index (κ3) is 3.03. The minimum atomic E-state index is -0.670. The summed E-state index contributed by atoms with van der Waals surface area (Å²) in [5.74, 6) is 0.102. The Morgan fingerprint density at radius 2 is 2.31 bits per heavy atom. The third-order valence-electron chi connectivity index (χ3n) is 4.28. The molecule has 3 heterocycles. The molecule has 0 radical (unpaired) electrons. The van der Waals surface area contributed by atoms with E-state index in [1.165, 1.54) is 18.4 Å². The third-order valence-corrected chi connectivity index (χ3v) is 4.94. The Bertz CT molecular complexity index is 998. The molecule has 134 valence electrons. The number of aromatic nitrogens is 1. The molecule has 3 aromatic rings. The quantitative estimate of drug-likeness (QED) is 0.655. The van der Waals surface area contributed by atoms with E-state index in [4.69, 9.17) is 13.9 Å². The molecule has 0 N–H and O–H groups in total. The molecular formula is C18H16N2O5S. The molecule has 1 aliphatic heterocycles. The second-order valence-electron chi connectivity index (χ2n) is 5.90. The summed E-state index contributed by atoms with van der Waals surface area (Å²) in [6.45, 7) is 0.929. The number of thiazole rings is 1. The van der Waals surface area contributed by atoms with Crippen LogP contribution in [0.3, 0.4) is 0 Å². The minimum absolute atomic E-state index is 0.0145. The predicted molar refractivity (Wildman–Crippen MR) is 96.1 cm³/mol. The van der Waals surface area contributed by atoms with E-state index in [2.05, 4.69) is 4.98 Å². The lowest BCUT2D eigenvalue weighted by Crippen LogP contribution is -2.33. The fourth-order valence-corrected chi connectivity index (χ4v) is 3.57. The Kier molecular flexibility index (Phi) is 4.34. The zero-order valence-corrected chi connectivity index (χ0v) is 14.8. The van der Waals surface area contributed by atoms with Gasteiger partial charge in [0.2, 0.25) is 0 Å². The fourth-order valence-electron chi connectivity index (χ4n) is 3.02. The van der Waals surface area contributed by atoms with Crippen molar-refractivity contribution in [2.45, 2.75) is 12.5 Å². The first-order chi connectivity index (χ1) is 12.7. The first-order valence-electron chi connectivity index (χ1n) is 8.12. The number of methoxy groups -OCH3 is 1. The van der Waals surface area contributed by atoms with Gasteiger partial charge in [-0.3, -0.25) is 4.79 Å². The van der Waals surface area contributed by atoms with Crippen LogP contribution in [0.4, 0.5) is 0 Å². The summed E-state index contributed by atoms with van der Waals surface area (Å²) < 4.78 is 16.3. The smallest absolute Gasteiger partial charge is 0.349 e. The first-order valence-corrected chi connectivity index (χ1v) is 9.00. The van der Waals surface area contributed by atoms with Crippen molar-refractivity contribution in [3.05, 3.63) is 51.8 Å². The van der Waals surface area contributed by atoms with Crippen molar-refractivity contribution in [3.63, 3.8) is 0 Å². The Labute approximate surface area is 152 Å². The number of fused-ring (bicyclic) bond motifs is 1. The SMILES string of the molecule is COc1cccc2cc(C(=O)N3CCC(Oc4nccs4)C3)c(=O)oc12. The molecule has 7 nitrogen and oxygen atoms in total. The highest BCUT2D eigenvalue weighted by molar-refractivity contribution is 7.11. The molecule has 26 heavy (non-hydrogen) atoms. The zero-order valence-electron chi connectivity index (χ0n) is 14.0. The molecule has 0 saturated carbocycles. The highest BCUT2D eigenvalue weighted by Gasteiger charge is 2.30. The maximum atomic E-state index is 12.8. The molecule has 4 rings (SSSR count). The normalized spacial score (nSPS) is 16.8. The number of carbonyl (C=O) groups is 1. The van der Waals surface area contributed by atoms with Gasteiger partial charge in [0, 0.05) is 29.9 Å². The van der Waals surface area contributed by atoms with Gasteiger partial charge >= 0.3 is 5.63 Å². The van der Waals surface area contributed by atoms with E-state index in [-0.39, 0.29) is 17.6 Å². The van der Waals surface area contributed by atoms with Crippen molar-refractivity contribution in [2.24, 2.45) is 0 Å². The van der Waals surface area contributed by atoms with Gasteiger partial charge < -0.3 is 18.8 Å². The van der Waals surface area contributed by atoms with Crippen LogP contribution in [0.1, 0.15) is 16.8 Å². The second kappa shape index (κ2) is 6.80. The molecule has 0 aliphatic carbocycles. The van der Waals surface area contributed by atoms with Crippen LogP contribution in [0, 0.1) is 0 Å². The summed E-state index contributed by atoms with van der Waals surface area (Å²) >= 11 is 1.41. The molecule has 1 amide bonds. The summed E-state index contributed by atoms with van der Waals surface area (Å²) in [7, 11) is 1.50. The molecule has 1 aromatic carbocycles. The van der Waals surface area contributed by atoms with Crippen LogP contribution in [0.2, 0.25) is 0 Å². The van der Waals surface area contributed by atoms with Gasteiger partial charge in [-0.15, -0.1) is 0 Å². The van der Waals surface area contributed by atoms with Crippen molar-refractivity contribution in [3.8, 4) is 10.9 Å². The molecule has 0 bridgehead atoms. The number of amides is 1. The van der Waals surface area contributed by atoms with Crippen molar-refractivity contribution in [1.82, 2.24) is 9.88 Å². The van der Waals surface area contributed by atoms with Crippen molar-refractivity contribution in [2.75, 3.05) is 20.2 Å². The molecule has 1 fully saturated rings. The highest BCUT2D eigenvalue weighted by atomic mass is 32.1. The van der Waals surface area contributed by atoms with Gasteiger partial charge in [0.15, 0.2) is 11.3 Å². The molecule has 2 aromatic heterocycles. The number of hydrogen-bond acceptors (Lipinski definition) is 7. The van der Waals surface area contributed by atoms with Crippen molar-refractivity contribution < 1.29 is 18.7 Å². The summed E-state index contributed by atoms with van der Waals surface area (Å²) in [5.41, 5.74) is -0.320. The van der Waals surface area contributed by atoms with Gasteiger partial charge in [0.25, 0.3) is 11.1 Å². The number of ether oxygens (including phenoxy) is 2. The first kappa shape index (κ1) is 16.6. The largest absolute Gasteiger partial charge is 0.493 e. The summed E-state index contributed by atoms with van der Waals surface area (Å²) in [4.78, 5) is 30.8. The van der Waals surface area contributed by atoms with Crippen molar-refractivity contribution in [1.29, 1.82) is 0 Å². The van der Waals surface area contributed by atoms with Crippen LogP contribution < -0.4 is 15.1 Å². The van der Waals surface area contributed by atoms with E-state index < -0.39 is 5.63 Å². The minimum Gasteiger partial charge on any atom is -0.493 e. The molecular weight excluding hydrogens is 356 g/mol.